The maximum Gasteiger partial charge on any atom is 0.00316 e. The molecule has 0 aliphatic heterocycles. The average Bonchev–Trinajstić information content (AvgIpc) is 2.14. The summed E-state index contributed by atoms with van der Waals surface area (Å²) >= 11 is 4.17. The van der Waals surface area contributed by atoms with E-state index in [0.717, 1.165) is 11.3 Å². The summed E-state index contributed by atoms with van der Waals surface area (Å²) in [6, 6.07) is 0. The van der Waals surface area contributed by atoms with Gasteiger partial charge >= 0.3 is 0 Å². The minimum Gasteiger partial charge on any atom is -0.148 e. The molecule has 0 fully saturated rings. The van der Waals surface area contributed by atoms with Crippen LogP contribution in [0.15, 0.2) is 35.3 Å². The van der Waals surface area contributed by atoms with Crippen molar-refractivity contribution >= 4 is 12.6 Å². The van der Waals surface area contributed by atoms with Crippen LogP contribution in [0.4, 0.5) is 0 Å². The van der Waals surface area contributed by atoms with Crippen LogP contribution in [0.5, 0.6) is 0 Å². The summed E-state index contributed by atoms with van der Waals surface area (Å²) in [6.07, 6.45) is 6.86. The van der Waals surface area contributed by atoms with Crippen LogP contribution in [0.25, 0.3) is 0 Å². The largest absolute Gasteiger partial charge is 0.148 e. The summed E-state index contributed by atoms with van der Waals surface area (Å²) in [7, 11) is 0. The normalized spacial score (nSPS) is 17.6. The van der Waals surface area contributed by atoms with E-state index in [4.69, 9.17) is 0 Å². The quantitative estimate of drug-likeness (QED) is 0.509. The smallest absolute Gasteiger partial charge is 0.00316 e. The lowest BCUT2D eigenvalue weighted by Gasteiger charge is -1.88. The van der Waals surface area contributed by atoms with E-state index in [0.29, 0.717) is 0 Å². The number of rotatable bonds is 1. The highest BCUT2D eigenvalue weighted by Gasteiger charge is 1.98. The number of hydrogen-bond acceptors (Lipinski definition) is 1. The zero-order valence-corrected chi connectivity index (χ0v) is 5.49. The zero-order valence-electron chi connectivity index (χ0n) is 4.59. The third kappa shape index (κ3) is 1.04. The molecule has 0 aromatic heterocycles. The predicted molar refractivity (Wildman–Crippen MR) is 40.0 cm³/mol. The van der Waals surface area contributed by atoms with E-state index in [-0.39, 0.29) is 0 Å². The van der Waals surface area contributed by atoms with Gasteiger partial charge in [0.1, 0.15) is 0 Å². The van der Waals surface area contributed by atoms with E-state index < -0.39 is 0 Å². The van der Waals surface area contributed by atoms with Gasteiger partial charge in [0.2, 0.25) is 0 Å². The second-order valence-electron chi connectivity index (χ2n) is 1.78. The molecule has 0 radical (unpaired) electrons. The van der Waals surface area contributed by atoms with Crippen molar-refractivity contribution < 1.29 is 0 Å². The molecule has 0 aromatic rings. The Balaban J connectivity index is 2.61. The zero-order chi connectivity index (χ0) is 5.98. The van der Waals surface area contributed by atoms with Crippen molar-refractivity contribution in [2.75, 3.05) is 0 Å². The Bertz CT molecular complexity index is 163. The summed E-state index contributed by atoms with van der Waals surface area (Å²) in [5, 5.41) is 0. The fraction of sp³-hybridized carbons (Fsp3) is 0.143. The SMILES string of the molecule is C=CC1=CC=C(S)C1. The summed E-state index contributed by atoms with van der Waals surface area (Å²) in [4.78, 5) is 1.12. The fourth-order valence-electron chi connectivity index (χ4n) is 0.670. The molecule has 0 saturated heterocycles. The van der Waals surface area contributed by atoms with Crippen molar-refractivity contribution in [1.29, 1.82) is 0 Å². The molecule has 0 spiro atoms. The summed E-state index contributed by atoms with van der Waals surface area (Å²) < 4.78 is 0. The minimum atomic E-state index is 0.965. The van der Waals surface area contributed by atoms with E-state index in [1.807, 2.05) is 18.2 Å². The van der Waals surface area contributed by atoms with Gasteiger partial charge in [0, 0.05) is 6.42 Å². The second kappa shape index (κ2) is 2.23. The first-order chi connectivity index (χ1) is 3.83. The molecule has 1 aliphatic carbocycles. The van der Waals surface area contributed by atoms with Crippen LogP contribution < -0.4 is 0 Å². The van der Waals surface area contributed by atoms with E-state index >= 15 is 0 Å². The van der Waals surface area contributed by atoms with E-state index in [1.165, 1.54) is 5.57 Å². The number of hydrogen-bond donors (Lipinski definition) is 1. The molecule has 0 atom stereocenters. The van der Waals surface area contributed by atoms with Gasteiger partial charge in [0.25, 0.3) is 0 Å². The van der Waals surface area contributed by atoms with Crippen LogP contribution in [0.2, 0.25) is 0 Å². The molecule has 0 amide bonds. The fourth-order valence-corrected chi connectivity index (χ4v) is 0.928. The van der Waals surface area contributed by atoms with Crippen molar-refractivity contribution in [2.45, 2.75) is 6.42 Å². The van der Waals surface area contributed by atoms with Gasteiger partial charge in [-0.3, -0.25) is 0 Å². The van der Waals surface area contributed by atoms with Crippen LogP contribution in [-0.4, -0.2) is 0 Å². The Morgan fingerprint density at radius 1 is 1.62 bits per heavy atom. The van der Waals surface area contributed by atoms with Crippen LogP contribution in [0, 0.1) is 0 Å². The van der Waals surface area contributed by atoms with Gasteiger partial charge in [-0.25, -0.2) is 0 Å². The van der Waals surface area contributed by atoms with Crippen LogP contribution in [0.3, 0.4) is 0 Å². The van der Waals surface area contributed by atoms with Gasteiger partial charge in [0.15, 0.2) is 0 Å². The Morgan fingerprint density at radius 3 is 2.62 bits per heavy atom. The van der Waals surface area contributed by atoms with Crippen molar-refractivity contribution in [3.05, 3.63) is 35.3 Å². The lowest BCUT2D eigenvalue weighted by Crippen LogP contribution is -1.67. The minimum absolute atomic E-state index is 0.965. The molecule has 0 nitrogen and oxygen atoms in total. The molecule has 0 aromatic carbocycles. The van der Waals surface area contributed by atoms with Crippen LogP contribution >= 0.6 is 12.6 Å². The third-order valence-electron chi connectivity index (χ3n) is 1.14. The molecular weight excluding hydrogens is 116 g/mol. The predicted octanol–water partition coefficient (Wildman–Crippen LogP) is 2.32. The van der Waals surface area contributed by atoms with Crippen molar-refractivity contribution in [1.82, 2.24) is 0 Å². The Morgan fingerprint density at radius 2 is 2.38 bits per heavy atom. The highest BCUT2D eigenvalue weighted by molar-refractivity contribution is 7.84. The molecule has 0 saturated carbocycles. The maximum atomic E-state index is 4.17. The van der Waals surface area contributed by atoms with E-state index in [2.05, 4.69) is 19.2 Å². The molecule has 42 valence electrons. The molecule has 0 N–H and O–H groups in total. The highest BCUT2D eigenvalue weighted by atomic mass is 32.1. The van der Waals surface area contributed by atoms with Gasteiger partial charge in [-0.15, -0.1) is 12.6 Å². The van der Waals surface area contributed by atoms with Gasteiger partial charge in [-0.1, -0.05) is 24.8 Å². The monoisotopic (exact) mass is 124 g/mol. The molecule has 0 unspecified atom stereocenters. The van der Waals surface area contributed by atoms with Crippen LogP contribution in [-0.2, 0) is 0 Å². The first-order valence-corrected chi connectivity index (χ1v) is 2.99. The molecule has 8 heavy (non-hydrogen) atoms. The summed E-state index contributed by atoms with van der Waals surface area (Å²) in [6.45, 7) is 3.64. The first-order valence-electron chi connectivity index (χ1n) is 2.54. The van der Waals surface area contributed by atoms with Gasteiger partial charge in [-0.2, -0.15) is 0 Å². The summed E-state index contributed by atoms with van der Waals surface area (Å²) in [5.41, 5.74) is 1.26. The van der Waals surface area contributed by atoms with E-state index in [9.17, 15) is 0 Å². The Labute approximate surface area is 55.0 Å². The Kier molecular flexibility index (Phi) is 1.59. The molecule has 1 rings (SSSR count). The van der Waals surface area contributed by atoms with Gasteiger partial charge < -0.3 is 0 Å². The lowest BCUT2D eigenvalue weighted by molar-refractivity contribution is 1.32. The topological polar surface area (TPSA) is 0 Å². The molecule has 0 bridgehead atoms. The third-order valence-corrected chi connectivity index (χ3v) is 1.44. The molecule has 1 aliphatic rings. The highest BCUT2D eigenvalue weighted by Crippen LogP contribution is 2.21. The number of allylic oxidation sites excluding steroid dienone is 5. The van der Waals surface area contributed by atoms with Crippen molar-refractivity contribution in [3.63, 3.8) is 0 Å². The molecule has 1 heteroatoms. The van der Waals surface area contributed by atoms with Crippen molar-refractivity contribution in [2.24, 2.45) is 0 Å². The Hall–Kier alpha value is -0.430. The standard InChI is InChI=1S/C7H8S/c1-2-6-3-4-7(8)5-6/h2-4,8H,1,5H2. The second-order valence-corrected chi connectivity index (χ2v) is 2.35. The van der Waals surface area contributed by atoms with Crippen LogP contribution in [0.1, 0.15) is 6.42 Å². The van der Waals surface area contributed by atoms with Gasteiger partial charge in [0.05, 0.1) is 0 Å². The van der Waals surface area contributed by atoms with Crippen molar-refractivity contribution in [3.8, 4) is 0 Å². The molecule has 0 heterocycles. The first kappa shape index (κ1) is 5.70. The van der Waals surface area contributed by atoms with E-state index in [1.54, 1.807) is 0 Å². The molecular formula is C7H8S. The number of thiol groups is 1. The average molecular weight is 124 g/mol. The lowest BCUT2D eigenvalue weighted by atomic mass is 10.2. The summed E-state index contributed by atoms with van der Waals surface area (Å²) in [5.74, 6) is 0. The van der Waals surface area contributed by atoms with Gasteiger partial charge in [-0.05, 0) is 10.5 Å². The maximum absolute atomic E-state index is 4.17.